The molecular formula is C16H27N3O. The Morgan fingerprint density at radius 1 is 1.15 bits per heavy atom. The molecule has 20 heavy (non-hydrogen) atoms. The van der Waals surface area contributed by atoms with Crippen molar-refractivity contribution in [2.75, 3.05) is 51.3 Å². The Hall–Kier alpha value is -1.26. The lowest BCUT2D eigenvalue weighted by atomic mass is 10.2. The highest BCUT2D eigenvalue weighted by atomic mass is 16.5. The summed E-state index contributed by atoms with van der Waals surface area (Å²) in [7, 11) is 1.71. The van der Waals surface area contributed by atoms with E-state index in [9.17, 15) is 0 Å². The van der Waals surface area contributed by atoms with E-state index in [1.807, 2.05) is 12.1 Å². The van der Waals surface area contributed by atoms with Gasteiger partial charge in [-0.1, -0.05) is 6.92 Å². The predicted molar refractivity (Wildman–Crippen MR) is 84.8 cm³/mol. The maximum absolute atomic E-state index is 5.21. The van der Waals surface area contributed by atoms with Crippen LogP contribution >= 0.6 is 0 Å². The van der Waals surface area contributed by atoms with E-state index in [-0.39, 0.29) is 0 Å². The number of nitrogens with zero attached hydrogens (tertiary/aromatic N) is 2. The van der Waals surface area contributed by atoms with Crippen LogP contribution in [0, 0.1) is 0 Å². The Labute approximate surface area is 122 Å². The largest absolute Gasteiger partial charge is 0.497 e. The minimum atomic E-state index is 0.576. The van der Waals surface area contributed by atoms with Gasteiger partial charge in [-0.15, -0.1) is 0 Å². The van der Waals surface area contributed by atoms with E-state index in [1.54, 1.807) is 7.11 Å². The SMILES string of the molecule is CCNC(C)CN1CCN(c2ccc(OC)cc2)CC1. The van der Waals surface area contributed by atoms with Crippen molar-refractivity contribution >= 4 is 5.69 Å². The topological polar surface area (TPSA) is 27.7 Å². The lowest BCUT2D eigenvalue weighted by Crippen LogP contribution is -2.50. The number of benzene rings is 1. The molecule has 1 aromatic carbocycles. The van der Waals surface area contributed by atoms with E-state index >= 15 is 0 Å². The molecule has 0 spiro atoms. The van der Waals surface area contributed by atoms with Crippen molar-refractivity contribution in [1.29, 1.82) is 0 Å². The van der Waals surface area contributed by atoms with Crippen molar-refractivity contribution < 1.29 is 4.74 Å². The molecule has 2 rings (SSSR count). The van der Waals surface area contributed by atoms with Crippen LogP contribution in [-0.4, -0.2) is 57.3 Å². The van der Waals surface area contributed by atoms with Crippen molar-refractivity contribution in [2.24, 2.45) is 0 Å². The van der Waals surface area contributed by atoms with E-state index in [1.165, 1.54) is 5.69 Å². The highest BCUT2D eigenvalue weighted by Crippen LogP contribution is 2.20. The van der Waals surface area contributed by atoms with Crippen LogP contribution < -0.4 is 15.0 Å². The van der Waals surface area contributed by atoms with Crippen LogP contribution in [0.1, 0.15) is 13.8 Å². The van der Waals surface area contributed by atoms with Gasteiger partial charge < -0.3 is 15.0 Å². The van der Waals surface area contributed by atoms with E-state index in [2.05, 4.69) is 41.1 Å². The van der Waals surface area contributed by atoms with Gasteiger partial charge in [-0.3, -0.25) is 4.90 Å². The maximum atomic E-state index is 5.21. The lowest BCUT2D eigenvalue weighted by Gasteiger charge is -2.37. The quantitative estimate of drug-likeness (QED) is 0.858. The third-order valence-corrected chi connectivity index (χ3v) is 3.89. The van der Waals surface area contributed by atoms with Crippen molar-refractivity contribution in [1.82, 2.24) is 10.2 Å². The van der Waals surface area contributed by atoms with Gasteiger partial charge in [-0.05, 0) is 37.7 Å². The van der Waals surface area contributed by atoms with E-state index in [4.69, 9.17) is 4.74 Å². The fourth-order valence-electron chi connectivity index (χ4n) is 2.78. The number of hydrogen-bond acceptors (Lipinski definition) is 4. The fourth-order valence-corrected chi connectivity index (χ4v) is 2.78. The van der Waals surface area contributed by atoms with Gasteiger partial charge in [0.1, 0.15) is 5.75 Å². The zero-order valence-corrected chi connectivity index (χ0v) is 12.9. The number of nitrogens with one attached hydrogen (secondary N) is 1. The van der Waals surface area contributed by atoms with Gasteiger partial charge in [0.25, 0.3) is 0 Å². The number of methoxy groups -OCH3 is 1. The van der Waals surface area contributed by atoms with Gasteiger partial charge in [-0.25, -0.2) is 0 Å². The second-order valence-electron chi connectivity index (χ2n) is 5.44. The zero-order chi connectivity index (χ0) is 14.4. The molecule has 0 bridgehead atoms. The minimum Gasteiger partial charge on any atom is -0.497 e. The number of piperazine rings is 1. The monoisotopic (exact) mass is 277 g/mol. The van der Waals surface area contributed by atoms with Gasteiger partial charge in [-0.2, -0.15) is 0 Å². The molecule has 0 amide bonds. The van der Waals surface area contributed by atoms with E-state index in [0.29, 0.717) is 6.04 Å². The van der Waals surface area contributed by atoms with Gasteiger partial charge in [0.15, 0.2) is 0 Å². The molecule has 1 saturated heterocycles. The third-order valence-electron chi connectivity index (χ3n) is 3.89. The molecule has 1 unspecified atom stereocenters. The van der Waals surface area contributed by atoms with Gasteiger partial charge >= 0.3 is 0 Å². The second-order valence-corrected chi connectivity index (χ2v) is 5.44. The molecule has 1 N–H and O–H groups in total. The summed E-state index contributed by atoms with van der Waals surface area (Å²) in [5.74, 6) is 0.923. The predicted octanol–water partition coefficient (Wildman–Crippen LogP) is 1.82. The summed E-state index contributed by atoms with van der Waals surface area (Å²) in [5.41, 5.74) is 1.30. The molecule has 0 aromatic heterocycles. The van der Waals surface area contributed by atoms with Crippen molar-refractivity contribution in [3.63, 3.8) is 0 Å². The molecule has 1 fully saturated rings. The van der Waals surface area contributed by atoms with Crippen LogP contribution in [0.25, 0.3) is 0 Å². The summed E-state index contributed by atoms with van der Waals surface area (Å²) in [6.45, 7) is 11.1. The van der Waals surface area contributed by atoms with Crippen molar-refractivity contribution in [3.8, 4) is 5.75 Å². The number of likely N-dealkylation sites (N-methyl/N-ethyl adjacent to an activating group) is 1. The molecule has 4 heteroatoms. The first-order valence-electron chi connectivity index (χ1n) is 7.57. The summed E-state index contributed by atoms with van der Waals surface area (Å²) in [6.07, 6.45) is 0. The van der Waals surface area contributed by atoms with Gasteiger partial charge in [0, 0.05) is 44.5 Å². The smallest absolute Gasteiger partial charge is 0.119 e. The van der Waals surface area contributed by atoms with Gasteiger partial charge in [0.2, 0.25) is 0 Å². The maximum Gasteiger partial charge on any atom is 0.119 e. The Balaban J connectivity index is 1.81. The fraction of sp³-hybridized carbons (Fsp3) is 0.625. The summed E-state index contributed by atoms with van der Waals surface area (Å²) in [4.78, 5) is 5.00. The molecule has 112 valence electrons. The molecular weight excluding hydrogens is 250 g/mol. The molecule has 1 heterocycles. The second kappa shape index (κ2) is 7.50. The standard InChI is InChI=1S/C16H27N3O/c1-4-17-14(2)13-18-9-11-19(12-10-18)15-5-7-16(20-3)8-6-15/h5-8,14,17H,4,9-13H2,1-3H3. The first kappa shape index (κ1) is 15.1. The Bertz CT molecular complexity index is 385. The van der Waals surface area contributed by atoms with Gasteiger partial charge in [0.05, 0.1) is 7.11 Å². The average Bonchev–Trinajstić information content (AvgIpc) is 2.48. The third kappa shape index (κ3) is 4.12. The summed E-state index contributed by atoms with van der Waals surface area (Å²) in [5, 5.41) is 3.48. The van der Waals surface area contributed by atoms with Crippen LogP contribution in [0.5, 0.6) is 5.75 Å². The van der Waals surface area contributed by atoms with Crippen LogP contribution in [0.2, 0.25) is 0 Å². The highest BCUT2D eigenvalue weighted by Gasteiger charge is 2.18. The first-order chi connectivity index (χ1) is 9.72. The van der Waals surface area contributed by atoms with Crippen LogP contribution in [-0.2, 0) is 0 Å². The molecule has 0 saturated carbocycles. The molecule has 1 aliphatic heterocycles. The Kier molecular flexibility index (Phi) is 5.68. The van der Waals surface area contributed by atoms with Crippen LogP contribution in [0.3, 0.4) is 0 Å². The summed E-state index contributed by atoms with van der Waals surface area (Å²) < 4.78 is 5.21. The molecule has 0 aliphatic carbocycles. The van der Waals surface area contributed by atoms with E-state index in [0.717, 1.165) is 45.0 Å². The Morgan fingerprint density at radius 2 is 1.80 bits per heavy atom. The number of rotatable bonds is 6. The number of hydrogen-bond donors (Lipinski definition) is 1. The average molecular weight is 277 g/mol. The lowest BCUT2D eigenvalue weighted by molar-refractivity contribution is 0.235. The molecule has 4 nitrogen and oxygen atoms in total. The highest BCUT2D eigenvalue weighted by molar-refractivity contribution is 5.49. The summed E-state index contributed by atoms with van der Waals surface area (Å²) in [6, 6.07) is 8.95. The molecule has 1 aromatic rings. The zero-order valence-electron chi connectivity index (χ0n) is 12.9. The summed E-state index contributed by atoms with van der Waals surface area (Å²) >= 11 is 0. The molecule has 1 atom stereocenters. The number of ether oxygens (including phenoxy) is 1. The molecule has 0 radical (unpaired) electrons. The number of anilines is 1. The first-order valence-corrected chi connectivity index (χ1v) is 7.57. The van der Waals surface area contributed by atoms with Crippen molar-refractivity contribution in [2.45, 2.75) is 19.9 Å². The van der Waals surface area contributed by atoms with E-state index < -0.39 is 0 Å². The van der Waals surface area contributed by atoms with Crippen molar-refractivity contribution in [3.05, 3.63) is 24.3 Å². The van der Waals surface area contributed by atoms with Crippen LogP contribution in [0.4, 0.5) is 5.69 Å². The minimum absolute atomic E-state index is 0.576. The normalized spacial score (nSPS) is 18.1. The van der Waals surface area contributed by atoms with Crippen LogP contribution in [0.15, 0.2) is 24.3 Å². The Morgan fingerprint density at radius 3 is 2.35 bits per heavy atom. The molecule has 1 aliphatic rings.